The Morgan fingerprint density at radius 1 is 1.16 bits per heavy atom. The molecule has 1 aromatic carbocycles. The Hall–Kier alpha value is -4.26. The standard InChI is InChI=1S/C24H20F3N5O4S/c1-4-36-23(35)15-10-14(31-32(15)3)21(34)30-18-17-13(12-7-5-11(2)6-8-12)9-16(24(25,26)27)29-22(17)37-19(18)20(28)33/h5-10H,4H2,1-3H3,(H2,28,33)(H,30,34). The quantitative estimate of drug-likeness (QED) is 0.351. The average molecular weight is 532 g/mol. The van der Waals surface area contributed by atoms with Crippen LogP contribution in [0.25, 0.3) is 21.3 Å². The molecule has 0 aliphatic heterocycles. The second kappa shape index (κ2) is 9.65. The van der Waals surface area contributed by atoms with Crippen molar-refractivity contribution in [1.82, 2.24) is 14.8 Å². The number of benzene rings is 1. The molecule has 13 heteroatoms. The average Bonchev–Trinajstić information content (AvgIpc) is 3.39. The van der Waals surface area contributed by atoms with Crippen molar-refractivity contribution in [3.63, 3.8) is 0 Å². The van der Waals surface area contributed by atoms with Gasteiger partial charge in [-0.3, -0.25) is 14.3 Å². The van der Waals surface area contributed by atoms with Gasteiger partial charge in [-0.1, -0.05) is 29.8 Å². The molecule has 0 radical (unpaired) electrons. The third-order valence-electron chi connectivity index (χ3n) is 5.37. The van der Waals surface area contributed by atoms with Gasteiger partial charge >= 0.3 is 12.1 Å². The summed E-state index contributed by atoms with van der Waals surface area (Å²) in [5.74, 6) is -2.47. The molecule has 9 nitrogen and oxygen atoms in total. The van der Waals surface area contributed by atoms with E-state index in [2.05, 4.69) is 15.4 Å². The number of ether oxygens (including phenoxy) is 1. The van der Waals surface area contributed by atoms with Gasteiger partial charge in [0.25, 0.3) is 11.8 Å². The Morgan fingerprint density at radius 3 is 2.43 bits per heavy atom. The SMILES string of the molecule is CCOC(=O)c1cc(C(=O)Nc2c(C(N)=O)sc3nc(C(F)(F)F)cc(-c4ccc(C)cc4)c23)nn1C. The number of esters is 1. The van der Waals surface area contributed by atoms with Crippen molar-refractivity contribution in [2.45, 2.75) is 20.0 Å². The highest BCUT2D eigenvalue weighted by atomic mass is 32.1. The molecule has 3 aromatic heterocycles. The number of pyridine rings is 1. The first kappa shape index (κ1) is 25.8. The van der Waals surface area contributed by atoms with Crippen molar-refractivity contribution in [2.24, 2.45) is 12.8 Å². The maximum Gasteiger partial charge on any atom is 0.433 e. The van der Waals surface area contributed by atoms with E-state index in [1.807, 2.05) is 6.92 Å². The maximum atomic E-state index is 13.7. The van der Waals surface area contributed by atoms with E-state index in [4.69, 9.17) is 10.5 Å². The van der Waals surface area contributed by atoms with Crippen LogP contribution >= 0.6 is 11.3 Å². The van der Waals surface area contributed by atoms with E-state index >= 15 is 0 Å². The van der Waals surface area contributed by atoms with Crippen molar-refractivity contribution in [1.29, 1.82) is 0 Å². The number of hydrogen-bond donors (Lipinski definition) is 2. The van der Waals surface area contributed by atoms with Gasteiger partial charge in [0.05, 0.1) is 12.3 Å². The van der Waals surface area contributed by atoms with Crippen molar-refractivity contribution in [3.8, 4) is 11.1 Å². The van der Waals surface area contributed by atoms with Crippen LogP contribution in [0.2, 0.25) is 0 Å². The van der Waals surface area contributed by atoms with Gasteiger partial charge in [0.2, 0.25) is 0 Å². The van der Waals surface area contributed by atoms with Crippen LogP contribution in [0, 0.1) is 6.92 Å². The molecule has 0 saturated carbocycles. The molecule has 0 aliphatic carbocycles. The van der Waals surface area contributed by atoms with E-state index in [1.54, 1.807) is 31.2 Å². The lowest BCUT2D eigenvalue weighted by atomic mass is 10.00. The zero-order valence-electron chi connectivity index (χ0n) is 19.8. The number of nitrogens with zero attached hydrogens (tertiary/aromatic N) is 3. The van der Waals surface area contributed by atoms with Crippen LogP contribution in [0.1, 0.15) is 48.8 Å². The number of rotatable bonds is 6. The Kier molecular flexibility index (Phi) is 6.74. The molecule has 4 aromatic rings. The van der Waals surface area contributed by atoms with Crippen molar-refractivity contribution in [3.05, 3.63) is 63.9 Å². The third kappa shape index (κ3) is 5.03. The zero-order chi connectivity index (χ0) is 27.1. The van der Waals surface area contributed by atoms with Crippen molar-refractivity contribution >= 4 is 45.0 Å². The molecule has 37 heavy (non-hydrogen) atoms. The highest BCUT2D eigenvalue weighted by Crippen LogP contribution is 2.43. The van der Waals surface area contributed by atoms with Gasteiger partial charge in [0.15, 0.2) is 5.69 Å². The van der Waals surface area contributed by atoms with Crippen molar-refractivity contribution < 1.29 is 32.3 Å². The van der Waals surface area contributed by atoms with Crippen LogP contribution in [-0.4, -0.2) is 39.2 Å². The Morgan fingerprint density at radius 2 is 1.84 bits per heavy atom. The highest BCUT2D eigenvalue weighted by molar-refractivity contribution is 7.21. The summed E-state index contributed by atoms with van der Waals surface area (Å²) in [5.41, 5.74) is 5.48. The summed E-state index contributed by atoms with van der Waals surface area (Å²) in [6.45, 7) is 3.56. The van der Waals surface area contributed by atoms with Crippen LogP contribution < -0.4 is 11.1 Å². The first-order chi connectivity index (χ1) is 17.4. The lowest BCUT2D eigenvalue weighted by Gasteiger charge is -2.12. The van der Waals surface area contributed by atoms with Crippen LogP contribution in [0.15, 0.2) is 36.4 Å². The van der Waals surface area contributed by atoms with Gasteiger partial charge in [0, 0.05) is 18.5 Å². The van der Waals surface area contributed by atoms with Crippen LogP contribution in [0.3, 0.4) is 0 Å². The minimum Gasteiger partial charge on any atom is -0.461 e. The Balaban J connectivity index is 1.90. The lowest BCUT2D eigenvalue weighted by molar-refractivity contribution is -0.140. The molecule has 0 unspecified atom stereocenters. The number of carbonyl (C=O) groups excluding carboxylic acids is 3. The first-order valence-electron chi connectivity index (χ1n) is 10.8. The number of anilines is 1. The molecule has 0 bridgehead atoms. The maximum absolute atomic E-state index is 13.7. The summed E-state index contributed by atoms with van der Waals surface area (Å²) in [4.78, 5) is 40.8. The van der Waals surface area contributed by atoms with Gasteiger partial charge in [-0.05, 0) is 31.0 Å². The van der Waals surface area contributed by atoms with E-state index < -0.39 is 29.7 Å². The number of hydrogen-bond acceptors (Lipinski definition) is 7. The molecule has 2 amide bonds. The van der Waals surface area contributed by atoms with Gasteiger partial charge in [-0.15, -0.1) is 11.3 Å². The van der Waals surface area contributed by atoms with E-state index in [-0.39, 0.29) is 44.3 Å². The minimum absolute atomic E-state index is 0.00846. The number of aryl methyl sites for hydroxylation is 2. The molecular weight excluding hydrogens is 511 g/mol. The van der Waals surface area contributed by atoms with E-state index in [1.165, 1.54) is 13.1 Å². The topological polar surface area (TPSA) is 129 Å². The lowest BCUT2D eigenvalue weighted by Crippen LogP contribution is -2.17. The summed E-state index contributed by atoms with van der Waals surface area (Å²) in [7, 11) is 1.44. The number of aromatic nitrogens is 3. The predicted octanol–water partition coefficient (Wildman–Crippen LogP) is 4.55. The number of nitrogens with two attached hydrogens (primary N) is 1. The Labute approximate surface area is 212 Å². The zero-order valence-corrected chi connectivity index (χ0v) is 20.6. The number of thiophene rings is 1. The monoisotopic (exact) mass is 531 g/mol. The van der Waals surface area contributed by atoms with Crippen LogP contribution in [0.5, 0.6) is 0 Å². The molecule has 4 rings (SSSR count). The molecule has 0 spiro atoms. The van der Waals surface area contributed by atoms with Crippen LogP contribution in [-0.2, 0) is 18.0 Å². The molecule has 3 heterocycles. The summed E-state index contributed by atoms with van der Waals surface area (Å²) in [6.07, 6.45) is -4.76. The molecule has 192 valence electrons. The van der Waals surface area contributed by atoms with Gasteiger partial charge in [0.1, 0.15) is 21.1 Å². The molecule has 0 atom stereocenters. The van der Waals surface area contributed by atoms with Crippen LogP contribution in [0.4, 0.5) is 18.9 Å². The molecular formula is C24H20F3N5O4S. The number of fused-ring (bicyclic) bond motifs is 1. The number of amides is 2. The number of halogens is 3. The molecule has 3 N–H and O–H groups in total. The number of nitrogens with one attached hydrogen (secondary N) is 1. The van der Waals surface area contributed by atoms with E-state index in [9.17, 15) is 27.6 Å². The fourth-order valence-corrected chi connectivity index (χ4v) is 4.66. The summed E-state index contributed by atoms with van der Waals surface area (Å²) >= 11 is 0.631. The molecule has 0 saturated heterocycles. The summed E-state index contributed by atoms with van der Waals surface area (Å²) < 4.78 is 47.1. The molecule has 0 aliphatic rings. The predicted molar refractivity (Wildman–Crippen MR) is 130 cm³/mol. The van der Waals surface area contributed by atoms with Gasteiger partial charge in [-0.25, -0.2) is 9.78 Å². The number of primary amides is 1. The second-order valence-electron chi connectivity index (χ2n) is 7.98. The fourth-order valence-electron chi connectivity index (χ4n) is 3.65. The Bertz CT molecular complexity index is 1540. The van der Waals surface area contributed by atoms with E-state index in [0.29, 0.717) is 16.9 Å². The summed E-state index contributed by atoms with van der Waals surface area (Å²) in [6, 6.07) is 8.76. The largest absolute Gasteiger partial charge is 0.461 e. The van der Waals surface area contributed by atoms with Crippen molar-refractivity contribution in [2.75, 3.05) is 11.9 Å². The normalized spacial score (nSPS) is 11.5. The number of alkyl halides is 3. The second-order valence-corrected chi connectivity index (χ2v) is 8.98. The van der Waals surface area contributed by atoms with Gasteiger partial charge in [-0.2, -0.15) is 18.3 Å². The minimum atomic E-state index is -4.76. The third-order valence-corrected chi connectivity index (χ3v) is 6.47. The smallest absolute Gasteiger partial charge is 0.433 e. The number of carbonyl (C=O) groups is 3. The van der Waals surface area contributed by atoms with E-state index in [0.717, 1.165) is 16.3 Å². The fraction of sp³-hybridized carbons (Fsp3) is 0.208. The highest BCUT2D eigenvalue weighted by Gasteiger charge is 2.35. The molecule has 0 fully saturated rings. The summed E-state index contributed by atoms with van der Waals surface area (Å²) in [5, 5.41) is 6.67. The van der Waals surface area contributed by atoms with Gasteiger partial charge < -0.3 is 15.8 Å². The first-order valence-corrected chi connectivity index (χ1v) is 11.7.